The smallest absolute Gasteiger partial charge is 0.358 e. The van der Waals surface area contributed by atoms with Gasteiger partial charge in [0.15, 0.2) is 0 Å². The van der Waals surface area contributed by atoms with Gasteiger partial charge in [-0.25, -0.2) is 0 Å². The Kier molecular flexibility index (Phi) is 15.0. The molecule has 1 heteroatoms. The van der Waals surface area contributed by atoms with Crippen LogP contribution in [0.2, 0.25) is 0 Å². The topological polar surface area (TPSA) is 0 Å². The third-order valence-corrected chi connectivity index (χ3v) is 8.29. The minimum absolute atomic E-state index is 0. The van der Waals surface area contributed by atoms with E-state index in [2.05, 4.69) is 69.2 Å². The van der Waals surface area contributed by atoms with Crippen molar-refractivity contribution in [2.45, 2.75) is 69.2 Å². The van der Waals surface area contributed by atoms with E-state index in [-0.39, 0.29) is 54.8 Å². The second-order valence-corrected chi connectivity index (χ2v) is 8.59. The Labute approximate surface area is 182 Å². The molecule has 0 unspecified atom stereocenters. The maximum atomic E-state index is 2.40. The van der Waals surface area contributed by atoms with Crippen molar-refractivity contribution in [3.63, 3.8) is 0 Å². The first-order valence-electron chi connectivity index (χ1n) is 9.11. The van der Waals surface area contributed by atoms with Crippen molar-refractivity contribution in [2.75, 3.05) is 0 Å². The molecule has 0 aromatic rings. The number of hydrogen-bond donors (Lipinski definition) is 0. The van der Waals surface area contributed by atoms with Crippen molar-refractivity contribution in [3.8, 4) is 0 Å². The van der Waals surface area contributed by atoms with E-state index in [1.165, 1.54) is 0 Å². The molecule has 2 saturated carbocycles. The van der Waals surface area contributed by atoms with Gasteiger partial charge in [-0.1, -0.05) is 69.2 Å². The zero-order valence-corrected chi connectivity index (χ0v) is 22.4. The fourth-order valence-corrected chi connectivity index (χ4v) is 4.79. The van der Waals surface area contributed by atoms with Gasteiger partial charge in [-0.2, -0.15) is 0 Å². The summed E-state index contributed by atoms with van der Waals surface area (Å²) < 4.78 is 0. The molecule has 23 heavy (non-hydrogen) atoms. The Morgan fingerprint density at radius 3 is 0.348 bits per heavy atom. The van der Waals surface area contributed by atoms with Gasteiger partial charge in [0.2, 0.25) is 0 Å². The van der Waals surface area contributed by atoms with Crippen LogP contribution in [0, 0.1) is 114 Å². The van der Waals surface area contributed by atoms with Crippen LogP contribution in [0.5, 0.6) is 0 Å². The monoisotopic (exact) mass is 542 g/mol. The predicted octanol–water partition coefficient (Wildman–Crippen LogP) is 7.26. The maximum Gasteiger partial charge on any atom is 2.00 e. The van der Waals surface area contributed by atoms with Gasteiger partial charge >= 0.3 is 39.9 Å². The van der Waals surface area contributed by atoms with Crippen LogP contribution in [0.4, 0.5) is 0 Å². The molecule has 2 fully saturated rings. The summed E-state index contributed by atoms with van der Waals surface area (Å²) >= 11 is 0. The fourth-order valence-electron chi connectivity index (χ4n) is 4.79. The Bertz CT molecular complexity index is 181. The third kappa shape index (κ3) is 6.21. The maximum absolute atomic E-state index is 2.40. The SMILES string of the molecule is CC1C(C)C(C)C(C)C1C.CC1C(C)C(C)C(C)C1C.[CH3-].[CH3-].[Th+2]. The standard InChI is InChI=1S/2C10H20.2CH3.Th/c2*1-6-7(2)9(4)10(5)8(6)3;;;/h2*6-10H,1-5H3;2*1H3;/q;;2*-1;+2. The minimum atomic E-state index is 0. The summed E-state index contributed by atoms with van der Waals surface area (Å²) in [5, 5.41) is 0. The molecule has 0 bridgehead atoms. The van der Waals surface area contributed by atoms with Crippen LogP contribution in [-0.2, 0) is 0 Å². The molecule has 0 aromatic heterocycles. The Hall–Kier alpha value is 1.32. The van der Waals surface area contributed by atoms with Gasteiger partial charge in [-0.05, 0) is 59.2 Å². The number of hydrogen-bond acceptors (Lipinski definition) is 0. The molecule has 2 aliphatic carbocycles. The summed E-state index contributed by atoms with van der Waals surface area (Å²) in [5.74, 6) is 9.35. The van der Waals surface area contributed by atoms with E-state index in [0.29, 0.717) is 0 Å². The minimum Gasteiger partial charge on any atom is -0.358 e. The second-order valence-electron chi connectivity index (χ2n) is 8.59. The van der Waals surface area contributed by atoms with Gasteiger partial charge in [0.1, 0.15) is 0 Å². The first-order chi connectivity index (χ1) is 9.11. The van der Waals surface area contributed by atoms with Crippen molar-refractivity contribution in [3.05, 3.63) is 14.9 Å². The van der Waals surface area contributed by atoms with Crippen molar-refractivity contribution >= 4 is 0 Å². The van der Waals surface area contributed by atoms with Crippen LogP contribution in [0.3, 0.4) is 0 Å². The normalized spacial score (nSPS) is 48.3. The van der Waals surface area contributed by atoms with Crippen LogP contribution in [-0.4, -0.2) is 0 Å². The molecule has 0 atom stereocenters. The Balaban J connectivity index is -0.000000308. The zero-order valence-electron chi connectivity index (χ0n) is 18.3. The first-order valence-corrected chi connectivity index (χ1v) is 9.11. The number of rotatable bonds is 0. The molecule has 0 N–H and O–H groups in total. The Morgan fingerprint density at radius 2 is 0.304 bits per heavy atom. The average molecular weight is 543 g/mol. The van der Waals surface area contributed by atoms with Crippen molar-refractivity contribution in [1.29, 1.82) is 0 Å². The van der Waals surface area contributed by atoms with E-state index in [9.17, 15) is 0 Å². The quantitative estimate of drug-likeness (QED) is 0.283. The van der Waals surface area contributed by atoms with E-state index >= 15 is 0 Å². The molecule has 0 heterocycles. The molecule has 138 valence electrons. The molecule has 0 radical (unpaired) electrons. The summed E-state index contributed by atoms with van der Waals surface area (Å²) in [4.78, 5) is 0. The average Bonchev–Trinajstić information content (AvgIpc) is 2.71. The van der Waals surface area contributed by atoms with Gasteiger partial charge in [0.25, 0.3) is 0 Å². The molecular formula is C22H46Th. The first kappa shape index (κ1) is 29.1. The van der Waals surface area contributed by atoms with E-state index < -0.39 is 0 Å². The molecule has 0 nitrogen and oxygen atoms in total. The van der Waals surface area contributed by atoms with Crippen LogP contribution < -0.4 is 0 Å². The van der Waals surface area contributed by atoms with Gasteiger partial charge in [-0.15, -0.1) is 0 Å². The molecule has 0 spiro atoms. The summed E-state index contributed by atoms with van der Waals surface area (Å²) in [6.07, 6.45) is 0. The van der Waals surface area contributed by atoms with Crippen molar-refractivity contribution in [2.24, 2.45) is 59.2 Å². The molecule has 0 saturated heterocycles. The molecular weight excluding hydrogens is 496 g/mol. The van der Waals surface area contributed by atoms with Gasteiger partial charge in [-0.3, -0.25) is 0 Å². The van der Waals surface area contributed by atoms with Gasteiger partial charge in [0.05, 0.1) is 0 Å². The van der Waals surface area contributed by atoms with Crippen LogP contribution in [0.25, 0.3) is 0 Å². The van der Waals surface area contributed by atoms with Gasteiger partial charge < -0.3 is 14.9 Å². The van der Waals surface area contributed by atoms with E-state index in [1.54, 1.807) is 0 Å². The van der Waals surface area contributed by atoms with Gasteiger partial charge in [0, 0.05) is 0 Å². The van der Waals surface area contributed by atoms with Crippen molar-refractivity contribution < 1.29 is 39.9 Å². The summed E-state index contributed by atoms with van der Waals surface area (Å²) in [6, 6.07) is 0. The summed E-state index contributed by atoms with van der Waals surface area (Å²) in [7, 11) is 0. The third-order valence-electron chi connectivity index (χ3n) is 8.29. The fraction of sp³-hybridized carbons (Fsp3) is 0.909. The largest absolute Gasteiger partial charge is 2.00 e. The van der Waals surface area contributed by atoms with E-state index in [1.807, 2.05) is 0 Å². The molecule has 0 aromatic carbocycles. The van der Waals surface area contributed by atoms with Crippen LogP contribution >= 0.6 is 0 Å². The summed E-state index contributed by atoms with van der Waals surface area (Å²) in [5.41, 5.74) is 0. The molecule has 0 aliphatic heterocycles. The van der Waals surface area contributed by atoms with E-state index in [4.69, 9.17) is 0 Å². The van der Waals surface area contributed by atoms with Crippen LogP contribution in [0.15, 0.2) is 0 Å². The zero-order chi connectivity index (χ0) is 15.8. The summed E-state index contributed by atoms with van der Waals surface area (Å²) in [6.45, 7) is 24.0. The van der Waals surface area contributed by atoms with Crippen LogP contribution in [0.1, 0.15) is 69.2 Å². The second kappa shape index (κ2) is 11.8. The Morgan fingerprint density at radius 1 is 0.261 bits per heavy atom. The van der Waals surface area contributed by atoms with Crippen molar-refractivity contribution in [1.82, 2.24) is 0 Å². The van der Waals surface area contributed by atoms with E-state index in [0.717, 1.165) is 59.2 Å². The molecule has 2 aliphatic rings. The molecule has 2 rings (SSSR count). The predicted molar refractivity (Wildman–Crippen MR) is 104 cm³/mol. The molecule has 0 amide bonds.